The molecule has 0 heterocycles. The Labute approximate surface area is 138 Å². The van der Waals surface area contributed by atoms with E-state index in [1.165, 1.54) is 5.57 Å². The van der Waals surface area contributed by atoms with Crippen molar-refractivity contribution in [1.29, 1.82) is 0 Å². The summed E-state index contributed by atoms with van der Waals surface area (Å²) in [5.74, 6) is 0.727. The minimum atomic E-state index is -0.668. The number of aliphatic hydroxyl groups excluding tert-OH is 4. The molecule has 9 atom stereocenters. The Balaban J connectivity index is 1.73. The van der Waals surface area contributed by atoms with Gasteiger partial charge in [-0.3, -0.25) is 0 Å². The molecule has 4 rings (SSSR count). The van der Waals surface area contributed by atoms with Gasteiger partial charge < -0.3 is 20.4 Å². The van der Waals surface area contributed by atoms with E-state index >= 15 is 0 Å². The molecule has 4 N–H and O–H groups in total. The monoisotopic (exact) mass is 322 g/mol. The summed E-state index contributed by atoms with van der Waals surface area (Å²) in [5.41, 5.74) is 1.02. The van der Waals surface area contributed by atoms with E-state index in [0.717, 1.165) is 25.7 Å². The lowest BCUT2D eigenvalue weighted by molar-refractivity contribution is -0.124. The van der Waals surface area contributed by atoms with Crippen molar-refractivity contribution < 1.29 is 20.4 Å². The van der Waals surface area contributed by atoms with Gasteiger partial charge in [0.2, 0.25) is 0 Å². The predicted molar refractivity (Wildman–Crippen MR) is 86.5 cm³/mol. The van der Waals surface area contributed by atoms with Gasteiger partial charge in [-0.25, -0.2) is 0 Å². The van der Waals surface area contributed by atoms with Gasteiger partial charge >= 0.3 is 0 Å². The lowest BCUT2D eigenvalue weighted by Gasteiger charge is -2.59. The van der Waals surface area contributed by atoms with Crippen LogP contribution in [0.5, 0.6) is 0 Å². The van der Waals surface area contributed by atoms with Gasteiger partial charge in [0.05, 0.1) is 24.4 Å². The van der Waals surface area contributed by atoms with Gasteiger partial charge in [0.1, 0.15) is 0 Å². The zero-order valence-electron chi connectivity index (χ0n) is 14.2. The second-order valence-electron chi connectivity index (χ2n) is 9.07. The van der Waals surface area contributed by atoms with Crippen LogP contribution in [0.25, 0.3) is 0 Å². The molecule has 0 aromatic carbocycles. The molecule has 4 nitrogen and oxygen atoms in total. The van der Waals surface area contributed by atoms with Crippen LogP contribution in [0.15, 0.2) is 11.6 Å². The van der Waals surface area contributed by atoms with Crippen LogP contribution >= 0.6 is 0 Å². The molecule has 0 radical (unpaired) electrons. The molecule has 130 valence electrons. The van der Waals surface area contributed by atoms with Crippen LogP contribution in [0, 0.1) is 28.6 Å². The molecule has 4 heteroatoms. The van der Waals surface area contributed by atoms with Gasteiger partial charge in [-0.15, -0.1) is 0 Å². The average Bonchev–Trinajstić information content (AvgIpc) is 2.73. The summed E-state index contributed by atoms with van der Waals surface area (Å²) >= 11 is 0. The van der Waals surface area contributed by atoms with Gasteiger partial charge in [0.25, 0.3) is 0 Å². The van der Waals surface area contributed by atoms with E-state index in [4.69, 9.17) is 0 Å². The number of aliphatic hydroxyl groups is 4. The number of rotatable bonds is 0. The molecule has 3 fully saturated rings. The maximum atomic E-state index is 10.9. The second kappa shape index (κ2) is 5.04. The standard InChI is InChI=1S/C19H30O4/c1-18-5-3-11(20)7-10(18)8-14(21)16-12(18)4-6-19(2)13(16)9-15(22)17(19)23/h7,11-17,20-23H,3-6,8-9H2,1-2H3/t11-,12?,13?,14-,15+,16?,17-,18-,19-/m0/s1. The summed E-state index contributed by atoms with van der Waals surface area (Å²) in [6.45, 7) is 4.40. The van der Waals surface area contributed by atoms with Gasteiger partial charge in [0.15, 0.2) is 0 Å². The predicted octanol–water partition coefficient (Wildman–Crippen LogP) is 1.61. The molecule has 0 bridgehead atoms. The minimum Gasteiger partial charge on any atom is -0.392 e. The lowest BCUT2D eigenvalue weighted by atomic mass is 9.46. The van der Waals surface area contributed by atoms with E-state index in [9.17, 15) is 20.4 Å². The van der Waals surface area contributed by atoms with E-state index in [2.05, 4.69) is 13.8 Å². The number of hydrogen-bond donors (Lipinski definition) is 4. The van der Waals surface area contributed by atoms with Gasteiger partial charge in [-0.2, -0.15) is 0 Å². The first-order valence-electron chi connectivity index (χ1n) is 9.21. The number of fused-ring (bicyclic) bond motifs is 5. The molecular formula is C19H30O4. The first kappa shape index (κ1) is 16.1. The highest BCUT2D eigenvalue weighted by atomic mass is 16.3. The molecule has 3 unspecified atom stereocenters. The fraction of sp³-hybridized carbons (Fsp3) is 0.895. The third kappa shape index (κ3) is 2.05. The highest BCUT2D eigenvalue weighted by molar-refractivity contribution is 5.27. The van der Waals surface area contributed by atoms with E-state index < -0.39 is 18.3 Å². The second-order valence-corrected chi connectivity index (χ2v) is 9.07. The topological polar surface area (TPSA) is 80.9 Å². The summed E-state index contributed by atoms with van der Waals surface area (Å²) in [7, 11) is 0. The molecule has 0 aromatic rings. The Morgan fingerprint density at radius 1 is 0.957 bits per heavy atom. The van der Waals surface area contributed by atoms with E-state index in [1.54, 1.807) is 0 Å². The Morgan fingerprint density at radius 2 is 1.70 bits per heavy atom. The zero-order chi connectivity index (χ0) is 16.6. The highest BCUT2D eigenvalue weighted by Gasteiger charge is 2.63. The molecule has 4 aliphatic carbocycles. The highest BCUT2D eigenvalue weighted by Crippen LogP contribution is 2.65. The summed E-state index contributed by atoms with van der Waals surface area (Å²) in [6, 6.07) is 0. The van der Waals surface area contributed by atoms with Crippen molar-refractivity contribution in [3.63, 3.8) is 0 Å². The van der Waals surface area contributed by atoms with Crippen molar-refractivity contribution >= 4 is 0 Å². The lowest BCUT2D eigenvalue weighted by Crippen LogP contribution is -2.56. The van der Waals surface area contributed by atoms with E-state index in [-0.39, 0.29) is 28.8 Å². The third-order valence-corrected chi connectivity index (χ3v) is 8.08. The SMILES string of the molecule is C[C@]12CC[C@H](O)C=C1C[C@H](O)C1C2CC[C@@]2(C)C1C[C@@H](O)[C@@H]2O. The Hall–Kier alpha value is -0.420. The fourth-order valence-corrected chi connectivity index (χ4v) is 6.67. The summed E-state index contributed by atoms with van der Waals surface area (Å²) in [5, 5.41) is 41.6. The molecule has 23 heavy (non-hydrogen) atoms. The first-order chi connectivity index (χ1) is 10.8. The van der Waals surface area contributed by atoms with Crippen molar-refractivity contribution in [1.82, 2.24) is 0 Å². The van der Waals surface area contributed by atoms with Crippen LogP contribution in [0.1, 0.15) is 52.4 Å². The van der Waals surface area contributed by atoms with Crippen LogP contribution in [-0.4, -0.2) is 44.8 Å². The van der Waals surface area contributed by atoms with Crippen molar-refractivity contribution in [2.24, 2.45) is 28.6 Å². The van der Waals surface area contributed by atoms with Crippen molar-refractivity contribution in [2.45, 2.75) is 76.8 Å². The van der Waals surface area contributed by atoms with E-state index in [0.29, 0.717) is 18.8 Å². The average molecular weight is 322 g/mol. The Kier molecular flexibility index (Phi) is 3.52. The minimum absolute atomic E-state index is 0.0585. The molecule has 0 amide bonds. The Bertz CT molecular complexity index is 531. The maximum absolute atomic E-state index is 10.9. The normalized spacial score (nSPS) is 58.9. The summed E-state index contributed by atoms with van der Waals surface area (Å²) < 4.78 is 0. The first-order valence-corrected chi connectivity index (χ1v) is 9.21. The maximum Gasteiger partial charge on any atom is 0.0855 e. The van der Waals surface area contributed by atoms with Gasteiger partial charge in [0, 0.05) is 0 Å². The number of hydrogen-bond acceptors (Lipinski definition) is 4. The van der Waals surface area contributed by atoms with Crippen LogP contribution in [0.2, 0.25) is 0 Å². The van der Waals surface area contributed by atoms with E-state index in [1.807, 2.05) is 6.08 Å². The van der Waals surface area contributed by atoms with Crippen LogP contribution < -0.4 is 0 Å². The van der Waals surface area contributed by atoms with Crippen LogP contribution in [0.4, 0.5) is 0 Å². The molecule has 0 aromatic heterocycles. The summed E-state index contributed by atoms with van der Waals surface area (Å²) in [6.07, 6.45) is 4.77. The van der Waals surface area contributed by atoms with Crippen molar-refractivity contribution in [3.05, 3.63) is 11.6 Å². The Morgan fingerprint density at radius 3 is 2.43 bits per heavy atom. The van der Waals surface area contributed by atoms with Crippen molar-refractivity contribution in [2.75, 3.05) is 0 Å². The zero-order valence-corrected chi connectivity index (χ0v) is 14.2. The molecular weight excluding hydrogens is 292 g/mol. The van der Waals surface area contributed by atoms with Crippen LogP contribution in [0.3, 0.4) is 0 Å². The third-order valence-electron chi connectivity index (χ3n) is 8.08. The van der Waals surface area contributed by atoms with Crippen molar-refractivity contribution in [3.8, 4) is 0 Å². The molecule has 4 aliphatic rings. The quantitative estimate of drug-likeness (QED) is 0.511. The molecule has 0 aliphatic heterocycles. The smallest absolute Gasteiger partial charge is 0.0855 e. The fourth-order valence-electron chi connectivity index (χ4n) is 6.67. The summed E-state index contributed by atoms with van der Waals surface area (Å²) in [4.78, 5) is 0. The molecule has 3 saturated carbocycles. The van der Waals surface area contributed by atoms with Crippen LogP contribution in [-0.2, 0) is 0 Å². The molecule has 0 saturated heterocycles. The van der Waals surface area contributed by atoms with Gasteiger partial charge in [-0.1, -0.05) is 25.5 Å². The van der Waals surface area contributed by atoms with Gasteiger partial charge in [-0.05, 0) is 67.1 Å². The molecule has 0 spiro atoms. The largest absolute Gasteiger partial charge is 0.392 e.